The maximum Gasteiger partial charge on any atom is 0.337 e. The van der Waals surface area contributed by atoms with Gasteiger partial charge in [-0.2, -0.15) is 0 Å². The molecule has 2 aromatic rings. The Kier molecular flexibility index (Phi) is 8.25. The van der Waals surface area contributed by atoms with E-state index in [0.29, 0.717) is 17.2 Å². The lowest BCUT2D eigenvalue weighted by molar-refractivity contribution is -0.160. The predicted molar refractivity (Wildman–Crippen MR) is 142 cm³/mol. The summed E-state index contributed by atoms with van der Waals surface area (Å²) >= 11 is 0. The zero-order chi connectivity index (χ0) is 26.0. The number of anilines is 1. The molecule has 0 radical (unpaired) electrons. The second kappa shape index (κ2) is 10.7. The Morgan fingerprint density at radius 2 is 1.80 bits per heavy atom. The van der Waals surface area contributed by atoms with Crippen LogP contribution in [0.25, 0.3) is 11.1 Å². The van der Waals surface area contributed by atoms with Gasteiger partial charge in [-0.25, -0.2) is 4.79 Å². The summed E-state index contributed by atoms with van der Waals surface area (Å²) < 4.78 is 6.12. The molecule has 1 aliphatic heterocycles. The normalized spacial score (nSPS) is 17.0. The Labute approximate surface area is 211 Å². The number of nitrogens with zero attached hydrogens (tertiary/aromatic N) is 3. The maximum atomic E-state index is 12.5. The van der Waals surface area contributed by atoms with Crippen molar-refractivity contribution in [2.24, 2.45) is 11.3 Å². The highest BCUT2D eigenvalue weighted by Gasteiger charge is 2.35. The second-order valence-electron chi connectivity index (χ2n) is 12.1. The summed E-state index contributed by atoms with van der Waals surface area (Å²) in [4.78, 5) is 24.2. The number of carboxylic acid groups (broad SMARTS) is 1. The zero-order valence-electron chi connectivity index (χ0n) is 22.8. The molecule has 35 heavy (non-hydrogen) atoms. The monoisotopic (exact) mass is 481 g/mol. The third-order valence-electron chi connectivity index (χ3n) is 6.79. The minimum atomic E-state index is -1.11. The van der Waals surface area contributed by atoms with Crippen LogP contribution >= 0.6 is 0 Å². The van der Waals surface area contributed by atoms with Gasteiger partial charge in [-0.15, -0.1) is 0 Å². The van der Waals surface area contributed by atoms with Crippen LogP contribution in [0, 0.1) is 18.3 Å². The summed E-state index contributed by atoms with van der Waals surface area (Å²) in [5.41, 5.74) is 4.84. The summed E-state index contributed by atoms with van der Waals surface area (Å²) in [5.74, 6) is -0.367. The van der Waals surface area contributed by atoms with Crippen molar-refractivity contribution < 1.29 is 14.6 Å². The van der Waals surface area contributed by atoms with Gasteiger partial charge in [-0.1, -0.05) is 33.8 Å². The minimum absolute atomic E-state index is 0.270. The number of carboxylic acids is 1. The average Bonchev–Trinajstić information content (AvgIpc) is 2.76. The molecule has 3 heterocycles. The second-order valence-corrected chi connectivity index (χ2v) is 12.1. The molecule has 0 spiro atoms. The molecule has 1 unspecified atom stereocenters. The molecular formula is C29H43N3O3. The van der Waals surface area contributed by atoms with Crippen molar-refractivity contribution in [3.63, 3.8) is 0 Å². The van der Waals surface area contributed by atoms with Crippen molar-refractivity contribution in [3.8, 4) is 11.1 Å². The van der Waals surface area contributed by atoms with E-state index in [2.05, 4.69) is 49.7 Å². The number of piperidine rings is 1. The molecule has 0 aromatic carbocycles. The van der Waals surface area contributed by atoms with Gasteiger partial charge in [-0.3, -0.25) is 9.97 Å². The summed E-state index contributed by atoms with van der Waals surface area (Å²) in [6.07, 6.45) is 6.80. The van der Waals surface area contributed by atoms with Crippen molar-refractivity contribution in [2.45, 2.75) is 92.8 Å². The van der Waals surface area contributed by atoms with Crippen molar-refractivity contribution in [1.82, 2.24) is 9.97 Å². The summed E-state index contributed by atoms with van der Waals surface area (Å²) in [6.45, 7) is 18.3. The standard InChI is InChI=1S/C29H43N3O3/c1-19(2)9-11-22-12-10-21(17-31-22)23-18-30-20(3)24(26(27(33)34)35-28(4,5)6)25(23)32-15-13-29(7,8)14-16-32/h10,12,17-19,26H,9,11,13-16H2,1-8H3,(H,33,34). The highest BCUT2D eigenvalue weighted by molar-refractivity contribution is 5.86. The van der Waals surface area contributed by atoms with Gasteiger partial charge in [-0.05, 0) is 70.8 Å². The lowest BCUT2D eigenvalue weighted by Gasteiger charge is -2.40. The summed E-state index contributed by atoms with van der Waals surface area (Å²) in [5, 5.41) is 10.2. The molecule has 6 heteroatoms. The lowest BCUT2D eigenvalue weighted by Crippen LogP contribution is -2.39. The van der Waals surface area contributed by atoms with Gasteiger partial charge < -0.3 is 14.7 Å². The van der Waals surface area contributed by atoms with E-state index < -0.39 is 17.7 Å². The van der Waals surface area contributed by atoms with Gasteiger partial charge in [0.05, 0.1) is 11.3 Å². The Hall–Kier alpha value is -2.47. The number of carbonyl (C=O) groups is 1. The van der Waals surface area contributed by atoms with E-state index in [0.717, 1.165) is 61.3 Å². The highest BCUT2D eigenvalue weighted by Crippen LogP contribution is 2.43. The van der Waals surface area contributed by atoms with Gasteiger partial charge in [0.15, 0.2) is 6.10 Å². The van der Waals surface area contributed by atoms with Crippen LogP contribution in [-0.4, -0.2) is 39.7 Å². The molecular weight excluding hydrogens is 438 g/mol. The Morgan fingerprint density at radius 3 is 2.31 bits per heavy atom. The van der Waals surface area contributed by atoms with Crippen LogP contribution in [0.3, 0.4) is 0 Å². The third-order valence-corrected chi connectivity index (χ3v) is 6.79. The van der Waals surface area contributed by atoms with E-state index in [9.17, 15) is 9.90 Å². The first-order valence-corrected chi connectivity index (χ1v) is 12.9. The molecule has 1 fully saturated rings. The van der Waals surface area contributed by atoms with E-state index >= 15 is 0 Å². The van der Waals surface area contributed by atoms with Crippen LogP contribution in [0.2, 0.25) is 0 Å². The van der Waals surface area contributed by atoms with Crippen LogP contribution < -0.4 is 4.90 Å². The Morgan fingerprint density at radius 1 is 1.14 bits per heavy atom. The first kappa shape index (κ1) is 27.1. The van der Waals surface area contributed by atoms with Gasteiger partial charge in [0, 0.05) is 53.6 Å². The fraction of sp³-hybridized carbons (Fsp3) is 0.621. The molecule has 0 saturated carbocycles. The number of rotatable bonds is 8. The summed E-state index contributed by atoms with van der Waals surface area (Å²) in [7, 11) is 0. The first-order chi connectivity index (χ1) is 16.3. The van der Waals surface area contributed by atoms with E-state index in [1.54, 1.807) is 0 Å². The number of hydrogen-bond acceptors (Lipinski definition) is 5. The largest absolute Gasteiger partial charge is 0.479 e. The fourth-order valence-electron chi connectivity index (χ4n) is 4.56. The molecule has 192 valence electrons. The lowest BCUT2D eigenvalue weighted by atomic mass is 9.82. The molecule has 1 aliphatic rings. The summed E-state index contributed by atoms with van der Waals surface area (Å²) in [6, 6.07) is 4.18. The number of aromatic nitrogens is 2. The van der Waals surface area contributed by atoms with Crippen LogP contribution in [0.4, 0.5) is 5.69 Å². The highest BCUT2D eigenvalue weighted by atomic mass is 16.5. The smallest absolute Gasteiger partial charge is 0.337 e. The quantitative estimate of drug-likeness (QED) is 0.457. The SMILES string of the molecule is Cc1ncc(-c2ccc(CCC(C)C)nc2)c(N2CCC(C)(C)CC2)c1C(OC(C)(C)C)C(=O)O. The Balaban J connectivity index is 2.13. The van der Waals surface area contributed by atoms with E-state index in [4.69, 9.17) is 9.72 Å². The van der Waals surface area contributed by atoms with E-state index in [-0.39, 0.29) is 5.41 Å². The molecule has 0 amide bonds. The van der Waals surface area contributed by atoms with Crippen LogP contribution in [0.15, 0.2) is 24.5 Å². The van der Waals surface area contributed by atoms with E-state index in [1.807, 2.05) is 40.1 Å². The van der Waals surface area contributed by atoms with E-state index in [1.165, 1.54) is 0 Å². The molecule has 2 aromatic heterocycles. The molecule has 0 aliphatic carbocycles. The van der Waals surface area contributed by atoms with Crippen molar-refractivity contribution in [2.75, 3.05) is 18.0 Å². The van der Waals surface area contributed by atoms with Gasteiger partial charge >= 0.3 is 5.97 Å². The van der Waals surface area contributed by atoms with Gasteiger partial charge in [0.2, 0.25) is 0 Å². The number of aliphatic carboxylic acids is 1. The number of ether oxygens (including phenoxy) is 1. The van der Waals surface area contributed by atoms with Crippen molar-refractivity contribution in [3.05, 3.63) is 41.5 Å². The van der Waals surface area contributed by atoms with Crippen LogP contribution in [0.1, 0.15) is 90.8 Å². The van der Waals surface area contributed by atoms with Crippen LogP contribution in [-0.2, 0) is 16.0 Å². The molecule has 6 nitrogen and oxygen atoms in total. The molecule has 1 N–H and O–H groups in total. The number of aryl methyl sites for hydroxylation is 2. The Bertz CT molecular complexity index is 1010. The number of pyridine rings is 2. The van der Waals surface area contributed by atoms with Crippen molar-refractivity contribution in [1.29, 1.82) is 0 Å². The zero-order valence-corrected chi connectivity index (χ0v) is 22.8. The maximum absolute atomic E-state index is 12.5. The first-order valence-electron chi connectivity index (χ1n) is 12.9. The minimum Gasteiger partial charge on any atom is -0.479 e. The molecule has 1 saturated heterocycles. The molecule has 3 rings (SSSR count). The van der Waals surface area contributed by atoms with Gasteiger partial charge in [0.25, 0.3) is 0 Å². The molecule has 0 bridgehead atoms. The van der Waals surface area contributed by atoms with Crippen molar-refractivity contribution >= 4 is 11.7 Å². The fourth-order valence-corrected chi connectivity index (χ4v) is 4.56. The topological polar surface area (TPSA) is 75.5 Å². The number of hydrogen-bond donors (Lipinski definition) is 1. The third kappa shape index (κ3) is 7.03. The average molecular weight is 482 g/mol. The van der Waals surface area contributed by atoms with Crippen LogP contribution in [0.5, 0.6) is 0 Å². The molecule has 1 atom stereocenters. The predicted octanol–water partition coefficient (Wildman–Crippen LogP) is 6.61. The van der Waals surface area contributed by atoms with Gasteiger partial charge in [0.1, 0.15) is 0 Å².